The van der Waals surface area contributed by atoms with E-state index in [1.807, 2.05) is 21.9 Å². The van der Waals surface area contributed by atoms with E-state index in [0.717, 1.165) is 0 Å². The SMILES string of the molecule is [2H]C([2H])([2H])C1(OC)CCN(C2=C(C#N)C(=O)Cc3cnc(C(C)=O)cc32)CC1.[2H]C([2H])([2H])C1(OC)CCN(C2=C(C#N)C(=O)Cc3cnc(C(C)O)cc32)CC1. The van der Waals surface area contributed by atoms with Crippen molar-refractivity contribution < 1.29 is 37.2 Å². The number of pyridine rings is 2. The Morgan fingerprint density at radius 2 is 1.30 bits per heavy atom. The Morgan fingerprint density at radius 3 is 1.68 bits per heavy atom. The zero-order chi connectivity index (χ0) is 41.4. The minimum Gasteiger partial charge on any atom is -0.387 e. The van der Waals surface area contributed by atoms with Crippen LogP contribution in [-0.2, 0) is 31.9 Å². The molecule has 0 bridgehead atoms. The first-order valence-electron chi connectivity index (χ1n) is 19.4. The average Bonchev–Trinajstić information content (AvgIpc) is 3.15. The van der Waals surface area contributed by atoms with Gasteiger partial charge >= 0.3 is 0 Å². The van der Waals surface area contributed by atoms with Gasteiger partial charge in [0.25, 0.3) is 0 Å². The quantitative estimate of drug-likeness (QED) is 0.432. The molecule has 0 amide bonds. The molecule has 12 nitrogen and oxygen atoms in total. The van der Waals surface area contributed by atoms with Gasteiger partial charge in [-0.2, -0.15) is 10.5 Å². The normalized spacial score (nSPS) is 22.5. The summed E-state index contributed by atoms with van der Waals surface area (Å²) in [5.74, 6) is -0.797. The Morgan fingerprint density at radius 1 is 0.860 bits per heavy atom. The van der Waals surface area contributed by atoms with Crippen LogP contribution in [0, 0.1) is 22.7 Å². The number of fused-ring (bicyclic) bond motifs is 2. The van der Waals surface area contributed by atoms with E-state index in [1.165, 1.54) is 27.3 Å². The van der Waals surface area contributed by atoms with E-state index >= 15 is 0 Å². The van der Waals surface area contributed by atoms with E-state index in [-0.39, 0.29) is 72.7 Å². The number of Topliss-reactive ketones (excluding diaryl/α,β-unsaturated/α-hetero) is 3. The highest BCUT2D eigenvalue weighted by Gasteiger charge is 2.37. The largest absolute Gasteiger partial charge is 0.387 e. The maximum atomic E-state index is 12.5. The predicted molar refractivity (Wildman–Crippen MR) is 184 cm³/mol. The number of carbonyl (C=O) groups is 3. The standard InChI is InChI=1S/C19H23N3O3.C19H21N3O3/c2*1-12(23)16-9-14-13(11-21-16)8-17(24)15(10-20)18(14)22-6-4-19(2,25-3)5-7-22/h9,11-12,23H,4-8H2,1-3H3;9,11H,4-8H2,1-3H3/i2*2D3. The zero-order valence-electron chi connectivity index (χ0n) is 34.6. The van der Waals surface area contributed by atoms with E-state index in [0.29, 0.717) is 65.5 Å². The monoisotopic (exact) mass is 686 g/mol. The number of hydrogen-bond donors (Lipinski definition) is 1. The van der Waals surface area contributed by atoms with Crippen molar-refractivity contribution in [2.24, 2.45) is 0 Å². The van der Waals surface area contributed by atoms with Crippen molar-refractivity contribution in [3.8, 4) is 12.1 Å². The summed E-state index contributed by atoms with van der Waals surface area (Å²) in [5, 5.41) is 29.1. The van der Waals surface area contributed by atoms with Gasteiger partial charge in [0.1, 0.15) is 29.0 Å². The second-order valence-corrected chi connectivity index (χ2v) is 13.0. The first-order valence-corrected chi connectivity index (χ1v) is 16.4. The molecule has 2 aromatic rings. The van der Waals surface area contributed by atoms with Crippen LogP contribution in [0.4, 0.5) is 0 Å². The highest BCUT2D eigenvalue weighted by atomic mass is 16.5. The van der Waals surface area contributed by atoms with Gasteiger partial charge in [-0.3, -0.25) is 24.4 Å². The molecule has 1 unspecified atom stereocenters. The van der Waals surface area contributed by atoms with Gasteiger partial charge < -0.3 is 24.4 Å². The summed E-state index contributed by atoms with van der Waals surface area (Å²) < 4.78 is 57.7. The Kier molecular flexibility index (Phi) is 8.49. The van der Waals surface area contributed by atoms with Crippen LogP contribution in [0.1, 0.15) is 106 Å². The Bertz CT molecular complexity index is 2060. The number of likely N-dealkylation sites (tertiary alicyclic amines) is 2. The molecule has 2 aliphatic heterocycles. The van der Waals surface area contributed by atoms with Crippen LogP contribution in [0.5, 0.6) is 0 Å². The fourth-order valence-electron chi connectivity index (χ4n) is 6.66. The lowest BCUT2D eigenvalue weighted by Gasteiger charge is -2.41. The Hall–Kier alpha value is -4.75. The van der Waals surface area contributed by atoms with Gasteiger partial charge in [-0.05, 0) is 69.6 Å². The van der Waals surface area contributed by atoms with E-state index in [9.17, 15) is 30.0 Å². The first-order chi connectivity index (χ1) is 26.3. The zero-order valence-corrected chi connectivity index (χ0v) is 28.6. The highest BCUT2D eigenvalue weighted by molar-refractivity contribution is 6.11. The van der Waals surface area contributed by atoms with Crippen molar-refractivity contribution >= 4 is 28.7 Å². The van der Waals surface area contributed by atoms with E-state index in [2.05, 4.69) is 9.97 Å². The molecule has 4 heterocycles. The molecule has 1 atom stereocenters. The topological polar surface area (TPSA) is 170 Å². The van der Waals surface area contributed by atoms with Crippen molar-refractivity contribution in [3.63, 3.8) is 0 Å². The molecule has 1 N–H and O–H groups in total. The Labute approximate surface area is 301 Å². The molecule has 0 aromatic carbocycles. The van der Waals surface area contributed by atoms with Crippen LogP contribution in [0.25, 0.3) is 11.4 Å². The molecule has 0 spiro atoms. The molecule has 2 aromatic heterocycles. The van der Waals surface area contributed by atoms with Gasteiger partial charge in [-0.25, -0.2) is 0 Å². The van der Waals surface area contributed by atoms with Gasteiger partial charge in [0.05, 0.1) is 34.4 Å². The number of ketones is 3. The molecule has 2 aliphatic carbocycles. The summed E-state index contributed by atoms with van der Waals surface area (Å²) in [7, 11) is 2.80. The van der Waals surface area contributed by atoms with Crippen molar-refractivity contribution in [2.75, 3.05) is 40.4 Å². The minimum absolute atomic E-state index is 0.0343. The van der Waals surface area contributed by atoms with Crippen LogP contribution >= 0.6 is 0 Å². The van der Waals surface area contributed by atoms with Crippen molar-refractivity contribution in [1.29, 1.82) is 10.5 Å². The lowest BCUT2D eigenvalue weighted by Crippen LogP contribution is -2.43. The molecule has 50 heavy (non-hydrogen) atoms. The number of aromatic nitrogens is 2. The number of piperidine rings is 2. The number of rotatable bonds is 6. The number of nitriles is 2. The Balaban J connectivity index is 0.000000214. The van der Waals surface area contributed by atoms with Gasteiger partial charge in [0.2, 0.25) is 0 Å². The summed E-state index contributed by atoms with van der Waals surface area (Å²) in [6.45, 7) is -0.217. The molecule has 6 rings (SSSR count). The van der Waals surface area contributed by atoms with Crippen LogP contribution in [0.2, 0.25) is 0 Å². The van der Waals surface area contributed by atoms with Crippen molar-refractivity contribution in [1.82, 2.24) is 19.8 Å². The lowest BCUT2D eigenvalue weighted by molar-refractivity contribution is -0.115. The smallest absolute Gasteiger partial charge is 0.179 e. The number of methoxy groups -OCH3 is 2. The maximum absolute atomic E-state index is 12.5. The number of hydrogen-bond acceptors (Lipinski definition) is 12. The molecule has 262 valence electrons. The van der Waals surface area contributed by atoms with Gasteiger partial charge in [-0.1, -0.05) is 0 Å². The molecule has 2 saturated heterocycles. The van der Waals surface area contributed by atoms with Gasteiger partial charge in [0.15, 0.2) is 17.3 Å². The number of carbonyl (C=O) groups excluding carboxylic acids is 3. The summed E-state index contributed by atoms with van der Waals surface area (Å²) in [6, 6.07) is 7.33. The van der Waals surface area contributed by atoms with Crippen molar-refractivity contribution in [2.45, 2.75) is 83.4 Å². The highest BCUT2D eigenvalue weighted by Crippen LogP contribution is 2.38. The summed E-state index contributed by atoms with van der Waals surface area (Å²) in [6.07, 6.45) is 3.39. The lowest BCUT2D eigenvalue weighted by atomic mass is 9.86. The summed E-state index contributed by atoms with van der Waals surface area (Å²) in [5.41, 5.74) is 1.95. The third kappa shape index (κ3) is 7.24. The fraction of sp³-hybridized carbons (Fsp3) is 0.500. The van der Waals surface area contributed by atoms with Gasteiger partial charge in [0, 0.05) is 91.9 Å². The van der Waals surface area contributed by atoms with Crippen molar-refractivity contribution in [3.05, 3.63) is 69.3 Å². The van der Waals surface area contributed by atoms with Crippen LogP contribution in [-0.4, -0.2) is 93.8 Å². The predicted octanol–water partition coefficient (Wildman–Crippen LogP) is 4.14. The van der Waals surface area contributed by atoms with Crippen LogP contribution in [0.15, 0.2) is 35.7 Å². The van der Waals surface area contributed by atoms with Gasteiger partial charge in [-0.15, -0.1) is 0 Å². The van der Waals surface area contributed by atoms with E-state index in [1.54, 1.807) is 25.3 Å². The third-order valence-electron chi connectivity index (χ3n) is 9.81. The number of allylic oxidation sites excluding steroid dienone is 2. The summed E-state index contributed by atoms with van der Waals surface area (Å²) >= 11 is 0. The summed E-state index contributed by atoms with van der Waals surface area (Å²) in [4.78, 5) is 48.8. The average molecular weight is 687 g/mol. The number of ether oxygens (including phenoxy) is 2. The molecule has 0 saturated carbocycles. The molecule has 12 heteroatoms. The maximum Gasteiger partial charge on any atom is 0.179 e. The molecule has 0 radical (unpaired) electrons. The second kappa shape index (κ2) is 14.6. The number of nitrogens with zero attached hydrogens (tertiary/aromatic N) is 6. The molecule has 4 aliphatic rings. The molecular formula is C38H44N6O6. The van der Waals surface area contributed by atoms with E-state index in [4.69, 9.17) is 17.7 Å². The number of aliphatic hydroxyl groups excluding tert-OH is 1. The first kappa shape index (κ1) is 29.0. The molecular weight excluding hydrogens is 636 g/mol. The second-order valence-electron chi connectivity index (χ2n) is 13.0. The molecule has 2 fully saturated rings. The third-order valence-corrected chi connectivity index (χ3v) is 9.81. The van der Waals surface area contributed by atoms with Crippen LogP contribution < -0.4 is 0 Å². The fourth-order valence-corrected chi connectivity index (χ4v) is 6.66. The van der Waals surface area contributed by atoms with E-state index < -0.39 is 31.0 Å². The minimum atomic E-state index is -2.27. The van der Waals surface area contributed by atoms with Crippen LogP contribution in [0.3, 0.4) is 0 Å². The number of aliphatic hydroxyl groups is 1.